The van der Waals surface area contributed by atoms with Gasteiger partial charge in [-0.25, -0.2) is 0 Å². The van der Waals surface area contributed by atoms with E-state index in [0.29, 0.717) is 0 Å². The largest absolute Gasteiger partial charge is 0.465 e. The van der Waals surface area contributed by atoms with Crippen LogP contribution in [0.15, 0.2) is 0 Å². The number of hydrogen-bond acceptors (Lipinski definition) is 4. The molecule has 0 spiro atoms. The van der Waals surface area contributed by atoms with Crippen LogP contribution in [0.25, 0.3) is 0 Å². The van der Waals surface area contributed by atoms with Gasteiger partial charge in [0.1, 0.15) is 0 Å². The Kier molecular flexibility index (Phi) is 2.58. The van der Waals surface area contributed by atoms with E-state index in [1.54, 1.807) is 0 Å². The first-order valence-electron chi connectivity index (χ1n) is 5.56. The van der Waals surface area contributed by atoms with Crippen molar-refractivity contribution in [2.45, 2.75) is 20.7 Å². The summed E-state index contributed by atoms with van der Waals surface area (Å²) >= 11 is 0. The van der Waals surface area contributed by atoms with Gasteiger partial charge in [-0.15, -0.1) is 0 Å². The molecule has 0 aromatic rings. The van der Waals surface area contributed by atoms with Crippen LogP contribution in [0.4, 0.5) is 0 Å². The minimum absolute atomic E-state index is 0.116. The first kappa shape index (κ1) is 5.56. The van der Waals surface area contributed by atoms with Crippen LogP contribution in [-0.2, 0) is 19.1 Å². The second-order valence-corrected chi connectivity index (χ2v) is 1.82. The Morgan fingerprint density at radius 3 is 2.00 bits per heavy atom. The fraction of sp³-hybridized carbons (Fsp3) is 0.750. The van der Waals surface area contributed by atoms with Crippen LogP contribution in [0, 0.1) is 5.89 Å². The highest BCUT2D eigenvalue weighted by molar-refractivity contribution is 5.94. The maximum atomic E-state index is 11.4. The van der Waals surface area contributed by atoms with Gasteiger partial charge in [0.15, 0.2) is 5.89 Å². The van der Waals surface area contributed by atoms with Gasteiger partial charge in [-0.2, -0.15) is 0 Å². The maximum Gasteiger partial charge on any atom is 0.320 e. The van der Waals surface area contributed by atoms with Crippen LogP contribution in [0.5, 0.6) is 0 Å². The lowest BCUT2D eigenvalue weighted by atomic mass is 10.2. The normalized spacial score (nSPS) is 16.5. The fourth-order valence-electron chi connectivity index (χ4n) is 0.490. The number of carbonyl (C=O) groups excluding carboxylic acids is 2. The Morgan fingerprint density at radius 2 is 1.75 bits per heavy atom. The number of carbonyl (C=O) groups is 2. The zero-order chi connectivity index (χ0) is 13.0. The summed E-state index contributed by atoms with van der Waals surface area (Å²) in [7, 11) is 0. The quantitative estimate of drug-likeness (QED) is 0.471. The second kappa shape index (κ2) is 5.57. The number of ether oxygens (including phenoxy) is 2. The van der Waals surface area contributed by atoms with Crippen molar-refractivity contribution in [1.82, 2.24) is 0 Å². The number of hydrogen-bond donors (Lipinski definition) is 0. The number of esters is 2. The van der Waals surface area contributed by atoms with E-state index < -0.39 is 24.7 Å². The summed E-state index contributed by atoms with van der Waals surface area (Å²) in [5, 5.41) is 0. The third-order valence-corrected chi connectivity index (χ3v) is 0.959. The van der Waals surface area contributed by atoms with Crippen LogP contribution in [0.1, 0.15) is 26.2 Å². The molecular weight excluding hydrogens is 160 g/mol. The van der Waals surface area contributed by atoms with Gasteiger partial charge in [0.25, 0.3) is 0 Å². The fourth-order valence-corrected chi connectivity index (χ4v) is 0.490. The summed E-state index contributed by atoms with van der Waals surface area (Å²) in [5.74, 6) is -5.86. The molecule has 0 aromatic heterocycles. The highest BCUT2D eigenvalue weighted by atomic mass is 16.6. The predicted molar refractivity (Wildman–Crippen MR) is 42.4 cm³/mol. The molecule has 0 saturated heterocycles. The van der Waals surface area contributed by atoms with Crippen molar-refractivity contribution in [3.8, 4) is 0 Å². The summed E-state index contributed by atoms with van der Waals surface area (Å²) in [6.45, 7) is -0.471. The molecule has 0 heterocycles. The number of rotatable bonds is 4. The lowest BCUT2D eigenvalue weighted by molar-refractivity contribution is -0.160. The third kappa shape index (κ3) is 3.37. The van der Waals surface area contributed by atoms with Crippen LogP contribution < -0.4 is 0 Å². The molecule has 0 N–H and O–H groups in total. The van der Waals surface area contributed by atoms with Crippen LogP contribution in [0.3, 0.4) is 0 Å². The molecule has 70 valence electrons. The van der Waals surface area contributed by atoms with Gasteiger partial charge < -0.3 is 9.47 Å². The van der Waals surface area contributed by atoms with E-state index in [1.807, 2.05) is 0 Å². The van der Waals surface area contributed by atoms with Gasteiger partial charge in [0.05, 0.1) is 14.6 Å². The molecule has 0 bridgehead atoms. The lowest BCUT2D eigenvalue weighted by Gasteiger charge is -2.08. The highest BCUT2D eigenvalue weighted by Crippen LogP contribution is 2.01. The first-order valence-corrected chi connectivity index (χ1v) is 3.56. The molecule has 0 aliphatic rings. The molecule has 0 radical (unpaired) electrons. The van der Waals surface area contributed by atoms with Crippen LogP contribution >= 0.6 is 0 Å². The van der Waals surface area contributed by atoms with E-state index in [1.165, 1.54) is 13.8 Å². The van der Waals surface area contributed by atoms with Crippen molar-refractivity contribution in [2.24, 2.45) is 5.89 Å². The molecule has 0 unspecified atom stereocenters. The first-order chi connectivity index (χ1) is 7.21. The molecule has 0 aliphatic carbocycles. The van der Waals surface area contributed by atoms with Crippen molar-refractivity contribution in [1.29, 1.82) is 0 Å². The molecule has 0 aliphatic heterocycles. The molecule has 0 atom stereocenters. The molecule has 0 aromatic carbocycles. The Hall–Kier alpha value is -1.06. The molecular formula is C8H14O4. The van der Waals surface area contributed by atoms with E-state index in [2.05, 4.69) is 9.47 Å². The van der Waals surface area contributed by atoms with Crippen molar-refractivity contribution in [2.75, 3.05) is 13.2 Å². The topological polar surface area (TPSA) is 52.6 Å². The monoisotopic (exact) mass is 178 g/mol. The van der Waals surface area contributed by atoms with E-state index in [-0.39, 0.29) is 13.2 Å². The third-order valence-electron chi connectivity index (χ3n) is 0.959. The van der Waals surface area contributed by atoms with Gasteiger partial charge in [-0.05, 0) is 20.7 Å². The van der Waals surface area contributed by atoms with Gasteiger partial charge in [0, 0.05) is 4.11 Å². The van der Waals surface area contributed by atoms with Gasteiger partial charge in [0.2, 0.25) is 0 Å². The van der Waals surface area contributed by atoms with Crippen molar-refractivity contribution >= 4 is 11.9 Å². The molecule has 0 saturated carbocycles. The van der Waals surface area contributed by atoms with Gasteiger partial charge in [-0.1, -0.05) is 0 Å². The standard InChI is InChI=1S/C8H14O4/c1-4-11-7(9)6(3)8(10)12-5-2/h6H,4-5H2,1-3H3/i3D3,6D. The Morgan fingerprint density at radius 1 is 1.33 bits per heavy atom. The minimum Gasteiger partial charge on any atom is -0.465 e. The average Bonchev–Trinajstić information content (AvgIpc) is 2.15. The van der Waals surface area contributed by atoms with Crippen LogP contribution in [0.2, 0.25) is 0 Å². The molecule has 0 fully saturated rings. The molecule has 4 heteroatoms. The molecule has 4 nitrogen and oxygen atoms in total. The second-order valence-electron chi connectivity index (χ2n) is 1.82. The average molecular weight is 178 g/mol. The van der Waals surface area contributed by atoms with E-state index in [9.17, 15) is 9.59 Å². The SMILES string of the molecule is [2H]C([2H])([2H])C([2H])(C(=O)OCC)C(=O)OCC. The highest BCUT2D eigenvalue weighted by Gasteiger charge is 2.23. The van der Waals surface area contributed by atoms with Crippen LogP contribution in [-0.4, -0.2) is 25.2 Å². The lowest BCUT2D eigenvalue weighted by Crippen LogP contribution is -2.25. The van der Waals surface area contributed by atoms with Crippen molar-refractivity contribution in [3.63, 3.8) is 0 Å². The Labute approximate surface area is 77.5 Å². The van der Waals surface area contributed by atoms with Gasteiger partial charge in [-0.3, -0.25) is 9.59 Å². The summed E-state index contributed by atoms with van der Waals surface area (Å²) in [6.07, 6.45) is 0. The smallest absolute Gasteiger partial charge is 0.320 e. The van der Waals surface area contributed by atoms with Gasteiger partial charge >= 0.3 is 11.9 Å². The molecule has 0 rings (SSSR count). The summed E-state index contributed by atoms with van der Waals surface area (Å²) in [6, 6.07) is 0. The van der Waals surface area contributed by atoms with Crippen molar-refractivity contribution in [3.05, 3.63) is 0 Å². The summed E-state index contributed by atoms with van der Waals surface area (Å²) in [5.41, 5.74) is 0. The zero-order valence-corrected chi connectivity index (χ0v) is 7.05. The van der Waals surface area contributed by atoms with E-state index in [4.69, 9.17) is 5.48 Å². The molecule has 12 heavy (non-hydrogen) atoms. The Bertz CT molecular complexity index is 256. The Balaban J connectivity index is 5.20. The predicted octanol–water partition coefficient (Wildman–Crippen LogP) is 0.749. The zero-order valence-electron chi connectivity index (χ0n) is 11.0. The molecule has 0 amide bonds. The maximum absolute atomic E-state index is 11.4. The van der Waals surface area contributed by atoms with E-state index in [0.717, 1.165) is 0 Å². The van der Waals surface area contributed by atoms with Crippen molar-refractivity contribution < 1.29 is 24.5 Å². The minimum atomic E-state index is -3.13. The van der Waals surface area contributed by atoms with E-state index >= 15 is 0 Å². The summed E-state index contributed by atoms with van der Waals surface area (Å²) in [4.78, 5) is 22.7. The summed E-state index contributed by atoms with van der Waals surface area (Å²) < 4.78 is 37.4.